The molecule has 1 amide bonds. The largest absolute Gasteiger partial charge is 0.507 e. The fourth-order valence-corrected chi connectivity index (χ4v) is 3.65. The fraction of sp³-hybridized carbons (Fsp3) is 0.611. The van der Waals surface area contributed by atoms with E-state index in [2.05, 4.69) is 10.2 Å². The molecule has 0 aromatic heterocycles. The third-order valence-corrected chi connectivity index (χ3v) is 4.98. The van der Waals surface area contributed by atoms with Gasteiger partial charge in [-0.3, -0.25) is 9.69 Å². The summed E-state index contributed by atoms with van der Waals surface area (Å²) in [7, 11) is 1.43. The van der Waals surface area contributed by atoms with Crippen LogP contribution < -0.4 is 10.1 Å². The van der Waals surface area contributed by atoms with Crippen LogP contribution in [0.25, 0.3) is 0 Å². The van der Waals surface area contributed by atoms with Gasteiger partial charge in [-0.15, -0.1) is 0 Å². The first-order chi connectivity index (χ1) is 12.0. The SMILES string of the molecule is CCc1cc(Cl)c(OC)c(C(=O)NC[C@@H]2CCCN2CCCO)c1O. The molecule has 0 saturated carbocycles. The highest BCUT2D eigenvalue weighted by Gasteiger charge is 2.27. The number of carbonyl (C=O) groups excluding carboxylic acids is 1. The molecule has 3 N–H and O–H groups in total. The van der Waals surface area contributed by atoms with E-state index >= 15 is 0 Å². The molecule has 6 nitrogen and oxygen atoms in total. The van der Waals surface area contributed by atoms with Gasteiger partial charge in [0.15, 0.2) is 5.75 Å². The Hall–Kier alpha value is -1.50. The number of hydrogen-bond donors (Lipinski definition) is 3. The van der Waals surface area contributed by atoms with Gasteiger partial charge in [-0.2, -0.15) is 0 Å². The quantitative estimate of drug-likeness (QED) is 0.653. The second kappa shape index (κ2) is 9.27. The van der Waals surface area contributed by atoms with E-state index in [4.69, 9.17) is 21.4 Å². The Bertz CT molecular complexity index is 609. The van der Waals surface area contributed by atoms with E-state index in [0.29, 0.717) is 23.6 Å². The topological polar surface area (TPSA) is 82.0 Å². The summed E-state index contributed by atoms with van der Waals surface area (Å²) in [6, 6.07) is 1.87. The molecule has 25 heavy (non-hydrogen) atoms. The van der Waals surface area contributed by atoms with Crippen LogP contribution in [0.5, 0.6) is 11.5 Å². The second-order valence-corrected chi connectivity index (χ2v) is 6.65. The molecule has 0 unspecified atom stereocenters. The molecule has 0 aliphatic carbocycles. The van der Waals surface area contributed by atoms with E-state index in [1.807, 2.05) is 6.92 Å². The van der Waals surface area contributed by atoms with Crippen molar-refractivity contribution in [3.8, 4) is 11.5 Å². The van der Waals surface area contributed by atoms with Crippen molar-refractivity contribution in [2.24, 2.45) is 0 Å². The monoisotopic (exact) mass is 370 g/mol. The Morgan fingerprint density at radius 2 is 2.28 bits per heavy atom. The average molecular weight is 371 g/mol. The predicted molar refractivity (Wildman–Crippen MR) is 97.7 cm³/mol. The molecule has 1 aromatic rings. The highest BCUT2D eigenvalue weighted by atomic mass is 35.5. The predicted octanol–water partition coefficient (Wildman–Crippen LogP) is 2.19. The first-order valence-electron chi connectivity index (χ1n) is 8.74. The van der Waals surface area contributed by atoms with Crippen LogP contribution in [-0.2, 0) is 6.42 Å². The molecule has 0 radical (unpaired) electrons. The van der Waals surface area contributed by atoms with Crippen molar-refractivity contribution in [1.29, 1.82) is 0 Å². The number of rotatable bonds is 8. The minimum atomic E-state index is -0.388. The molecule has 1 saturated heterocycles. The molecule has 7 heteroatoms. The molecule has 1 aromatic carbocycles. The molecule has 1 atom stereocenters. The summed E-state index contributed by atoms with van der Waals surface area (Å²) < 4.78 is 5.23. The number of likely N-dealkylation sites (tertiary alicyclic amines) is 1. The maximum atomic E-state index is 12.7. The third kappa shape index (κ3) is 4.57. The maximum Gasteiger partial charge on any atom is 0.258 e. The van der Waals surface area contributed by atoms with Gasteiger partial charge in [0.1, 0.15) is 11.3 Å². The summed E-state index contributed by atoms with van der Waals surface area (Å²) in [5.74, 6) is -0.275. The molecule has 0 spiro atoms. The number of nitrogens with one attached hydrogen (secondary N) is 1. The van der Waals surface area contributed by atoms with Crippen LogP contribution in [0.2, 0.25) is 5.02 Å². The zero-order chi connectivity index (χ0) is 18.4. The lowest BCUT2D eigenvalue weighted by molar-refractivity contribution is 0.0933. The van der Waals surface area contributed by atoms with Crippen molar-refractivity contribution in [3.05, 3.63) is 22.2 Å². The Morgan fingerprint density at radius 1 is 1.52 bits per heavy atom. The molecule has 140 valence electrons. The number of ether oxygens (including phenoxy) is 1. The minimum absolute atomic E-state index is 0.0789. The number of methoxy groups -OCH3 is 1. The van der Waals surface area contributed by atoms with Crippen LogP contribution in [0.15, 0.2) is 6.07 Å². The van der Waals surface area contributed by atoms with Gasteiger partial charge in [0.2, 0.25) is 0 Å². The van der Waals surface area contributed by atoms with Gasteiger partial charge >= 0.3 is 0 Å². The Labute approximate surface area is 153 Å². The number of aliphatic hydroxyl groups excluding tert-OH is 1. The smallest absolute Gasteiger partial charge is 0.258 e. The summed E-state index contributed by atoms with van der Waals surface area (Å²) in [5, 5.41) is 22.6. The van der Waals surface area contributed by atoms with E-state index in [1.165, 1.54) is 7.11 Å². The highest BCUT2D eigenvalue weighted by Crippen LogP contribution is 2.38. The first-order valence-corrected chi connectivity index (χ1v) is 9.12. The average Bonchev–Trinajstić information content (AvgIpc) is 3.06. The van der Waals surface area contributed by atoms with Crippen LogP contribution >= 0.6 is 11.6 Å². The number of aromatic hydroxyl groups is 1. The normalized spacial score (nSPS) is 17.7. The van der Waals surface area contributed by atoms with Gasteiger partial charge < -0.3 is 20.3 Å². The van der Waals surface area contributed by atoms with Crippen molar-refractivity contribution >= 4 is 17.5 Å². The van der Waals surface area contributed by atoms with E-state index in [1.54, 1.807) is 6.07 Å². The lowest BCUT2D eigenvalue weighted by atomic mass is 10.0. The van der Waals surface area contributed by atoms with Gasteiger partial charge in [-0.1, -0.05) is 18.5 Å². The number of aryl methyl sites for hydroxylation is 1. The molecular weight excluding hydrogens is 344 g/mol. The zero-order valence-electron chi connectivity index (χ0n) is 14.8. The van der Waals surface area contributed by atoms with Crippen molar-refractivity contribution in [1.82, 2.24) is 10.2 Å². The van der Waals surface area contributed by atoms with Crippen molar-refractivity contribution in [3.63, 3.8) is 0 Å². The van der Waals surface area contributed by atoms with Crippen molar-refractivity contribution in [2.75, 3.05) is 33.4 Å². The zero-order valence-corrected chi connectivity index (χ0v) is 15.6. The molecule has 1 aliphatic rings. The Morgan fingerprint density at radius 3 is 2.92 bits per heavy atom. The number of carbonyl (C=O) groups is 1. The maximum absolute atomic E-state index is 12.7. The molecular formula is C18H27ClN2O4. The standard InChI is InChI=1S/C18H27ClN2O4/c1-3-12-10-14(19)17(25-2)15(16(12)23)18(24)20-11-13-6-4-7-21(13)8-5-9-22/h10,13,22-23H,3-9,11H2,1-2H3,(H,20,24)/t13-/m0/s1. The lowest BCUT2D eigenvalue weighted by Crippen LogP contribution is -2.40. The van der Waals surface area contributed by atoms with Crippen LogP contribution in [-0.4, -0.2) is 60.4 Å². The van der Waals surface area contributed by atoms with E-state index < -0.39 is 0 Å². The number of hydrogen-bond acceptors (Lipinski definition) is 5. The van der Waals surface area contributed by atoms with Gasteiger partial charge in [0.25, 0.3) is 5.91 Å². The Balaban J connectivity index is 2.11. The number of phenolic OH excluding ortho intramolecular Hbond substituents is 1. The number of halogens is 1. The van der Waals surface area contributed by atoms with Gasteiger partial charge in [0.05, 0.1) is 12.1 Å². The van der Waals surface area contributed by atoms with Gasteiger partial charge in [-0.05, 0) is 43.9 Å². The van der Waals surface area contributed by atoms with Gasteiger partial charge in [0, 0.05) is 25.7 Å². The fourth-order valence-electron chi connectivity index (χ4n) is 3.35. The van der Waals surface area contributed by atoms with Crippen LogP contribution in [0.1, 0.15) is 42.1 Å². The molecule has 1 fully saturated rings. The summed E-state index contributed by atoms with van der Waals surface area (Å²) in [6.07, 6.45) is 3.38. The number of aliphatic hydroxyl groups is 1. The third-order valence-electron chi connectivity index (χ3n) is 4.70. The van der Waals surface area contributed by atoms with E-state index in [0.717, 1.165) is 32.4 Å². The van der Waals surface area contributed by atoms with Crippen molar-refractivity contribution in [2.45, 2.75) is 38.6 Å². The molecule has 0 bridgehead atoms. The first kappa shape index (κ1) is 19.8. The number of benzene rings is 1. The van der Waals surface area contributed by atoms with Crippen molar-refractivity contribution < 1.29 is 19.7 Å². The van der Waals surface area contributed by atoms with Gasteiger partial charge in [-0.25, -0.2) is 0 Å². The second-order valence-electron chi connectivity index (χ2n) is 6.25. The summed E-state index contributed by atoms with van der Waals surface area (Å²) >= 11 is 6.19. The summed E-state index contributed by atoms with van der Waals surface area (Å²) in [6.45, 7) is 4.34. The lowest BCUT2D eigenvalue weighted by Gasteiger charge is -2.24. The van der Waals surface area contributed by atoms with Crippen LogP contribution in [0, 0.1) is 0 Å². The number of amides is 1. The van der Waals surface area contributed by atoms with Crippen LogP contribution in [0.4, 0.5) is 0 Å². The molecule has 1 heterocycles. The van der Waals surface area contributed by atoms with E-state index in [-0.39, 0.29) is 35.6 Å². The number of nitrogens with zero attached hydrogens (tertiary/aromatic N) is 1. The summed E-state index contributed by atoms with van der Waals surface area (Å²) in [4.78, 5) is 15.0. The highest BCUT2D eigenvalue weighted by molar-refractivity contribution is 6.33. The molecule has 1 aliphatic heterocycles. The van der Waals surface area contributed by atoms with E-state index in [9.17, 15) is 9.90 Å². The van der Waals surface area contributed by atoms with Crippen LogP contribution in [0.3, 0.4) is 0 Å². The minimum Gasteiger partial charge on any atom is -0.507 e. The summed E-state index contributed by atoms with van der Waals surface area (Å²) in [5.41, 5.74) is 0.702. The number of phenols is 1. The Kier molecular flexibility index (Phi) is 7.35. The molecule has 2 rings (SSSR count).